The standard InChI is InChI=1S/C23H26N4O2S/c1-5-13-27-22(18-9-7-8-10-20(18)29-6-2)25-26-23(27)30-15-21(28)24-19-14-16(3)11-12-17(19)4/h5,7-12,14H,1,6,13,15H2,2-4H3,(H,24,28). The summed E-state index contributed by atoms with van der Waals surface area (Å²) in [6.07, 6.45) is 1.79. The number of rotatable bonds is 9. The summed E-state index contributed by atoms with van der Waals surface area (Å²) in [4.78, 5) is 12.5. The molecule has 1 aromatic heterocycles. The van der Waals surface area contributed by atoms with Gasteiger partial charge in [0.2, 0.25) is 5.91 Å². The molecule has 1 N–H and O–H groups in total. The van der Waals surface area contributed by atoms with E-state index in [4.69, 9.17) is 4.74 Å². The molecule has 0 saturated heterocycles. The van der Waals surface area contributed by atoms with Gasteiger partial charge in [0.25, 0.3) is 0 Å². The van der Waals surface area contributed by atoms with E-state index in [9.17, 15) is 4.79 Å². The van der Waals surface area contributed by atoms with Crippen LogP contribution in [0, 0.1) is 13.8 Å². The van der Waals surface area contributed by atoms with Crippen LogP contribution >= 0.6 is 11.8 Å². The number of carbonyl (C=O) groups is 1. The first-order valence-corrected chi connectivity index (χ1v) is 10.8. The molecule has 0 aliphatic rings. The van der Waals surface area contributed by atoms with Crippen LogP contribution in [-0.4, -0.2) is 33.0 Å². The monoisotopic (exact) mass is 422 g/mol. The molecule has 7 heteroatoms. The van der Waals surface area contributed by atoms with E-state index in [1.54, 1.807) is 6.08 Å². The number of aryl methyl sites for hydroxylation is 2. The van der Waals surface area contributed by atoms with Crippen molar-refractivity contribution < 1.29 is 9.53 Å². The molecule has 156 valence electrons. The van der Waals surface area contributed by atoms with Gasteiger partial charge in [0.15, 0.2) is 11.0 Å². The Hall–Kier alpha value is -3.06. The molecule has 0 fully saturated rings. The number of nitrogens with one attached hydrogen (secondary N) is 1. The van der Waals surface area contributed by atoms with E-state index >= 15 is 0 Å². The van der Waals surface area contributed by atoms with Crippen molar-refractivity contribution in [3.05, 3.63) is 66.2 Å². The van der Waals surface area contributed by atoms with Crippen molar-refractivity contribution in [2.45, 2.75) is 32.5 Å². The number of ether oxygens (including phenoxy) is 1. The molecule has 6 nitrogen and oxygen atoms in total. The Bertz CT molecular complexity index is 1050. The lowest BCUT2D eigenvalue weighted by Crippen LogP contribution is -2.15. The SMILES string of the molecule is C=CCn1c(SCC(=O)Nc2cc(C)ccc2C)nnc1-c1ccccc1OCC. The molecule has 0 aliphatic carbocycles. The molecule has 0 saturated carbocycles. The number of anilines is 1. The third kappa shape index (κ3) is 5.10. The third-order valence-corrected chi connectivity index (χ3v) is 5.42. The molecule has 30 heavy (non-hydrogen) atoms. The summed E-state index contributed by atoms with van der Waals surface area (Å²) in [6.45, 7) is 10.9. The Morgan fingerprint density at radius 1 is 1.23 bits per heavy atom. The van der Waals surface area contributed by atoms with Gasteiger partial charge in [-0.3, -0.25) is 9.36 Å². The Morgan fingerprint density at radius 3 is 2.80 bits per heavy atom. The van der Waals surface area contributed by atoms with Crippen LogP contribution in [0.15, 0.2) is 60.3 Å². The number of thioether (sulfide) groups is 1. The second-order valence-electron chi connectivity index (χ2n) is 6.79. The van der Waals surface area contributed by atoms with Crippen molar-refractivity contribution >= 4 is 23.4 Å². The van der Waals surface area contributed by atoms with Gasteiger partial charge in [-0.2, -0.15) is 0 Å². The van der Waals surface area contributed by atoms with Crippen LogP contribution < -0.4 is 10.1 Å². The summed E-state index contributed by atoms with van der Waals surface area (Å²) in [6, 6.07) is 13.7. The number of para-hydroxylation sites is 1. The number of amides is 1. The van der Waals surface area contributed by atoms with E-state index in [0.29, 0.717) is 24.1 Å². The van der Waals surface area contributed by atoms with Crippen molar-refractivity contribution in [3.63, 3.8) is 0 Å². The van der Waals surface area contributed by atoms with Gasteiger partial charge < -0.3 is 10.1 Å². The number of carbonyl (C=O) groups excluding carboxylic acids is 1. The number of hydrogen-bond donors (Lipinski definition) is 1. The third-order valence-electron chi connectivity index (χ3n) is 4.46. The van der Waals surface area contributed by atoms with E-state index in [-0.39, 0.29) is 11.7 Å². The minimum Gasteiger partial charge on any atom is -0.493 e. The minimum atomic E-state index is -0.0851. The molecule has 3 aromatic rings. The topological polar surface area (TPSA) is 69.0 Å². The van der Waals surface area contributed by atoms with Gasteiger partial charge in [-0.15, -0.1) is 16.8 Å². The van der Waals surface area contributed by atoms with Gasteiger partial charge in [-0.25, -0.2) is 0 Å². The second-order valence-corrected chi connectivity index (χ2v) is 7.73. The summed E-state index contributed by atoms with van der Waals surface area (Å²) in [5.74, 6) is 1.59. The van der Waals surface area contributed by atoms with Gasteiger partial charge in [0.1, 0.15) is 5.75 Å². The number of aromatic nitrogens is 3. The van der Waals surface area contributed by atoms with Crippen molar-refractivity contribution in [1.29, 1.82) is 0 Å². The number of allylic oxidation sites excluding steroid dienone is 1. The maximum absolute atomic E-state index is 12.5. The molecule has 3 rings (SSSR count). The van der Waals surface area contributed by atoms with Gasteiger partial charge >= 0.3 is 0 Å². The Balaban J connectivity index is 1.78. The molecule has 1 heterocycles. The molecule has 1 amide bonds. The first-order valence-electron chi connectivity index (χ1n) is 9.79. The summed E-state index contributed by atoms with van der Waals surface area (Å²) < 4.78 is 7.69. The first-order chi connectivity index (χ1) is 14.5. The van der Waals surface area contributed by atoms with Gasteiger partial charge in [0.05, 0.1) is 17.9 Å². The number of nitrogens with zero attached hydrogens (tertiary/aromatic N) is 3. The summed E-state index contributed by atoms with van der Waals surface area (Å²) in [5, 5.41) is 12.3. The quantitative estimate of drug-likeness (QED) is 0.393. The fourth-order valence-corrected chi connectivity index (χ4v) is 3.76. The minimum absolute atomic E-state index is 0.0851. The lowest BCUT2D eigenvalue weighted by Gasteiger charge is -2.12. The number of benzene rings is 2. The maximum atomic E-state index is 12.5. The first kappa shape index (κ1) is 21.6. The fraction of sp³-hybridized carbons (Fsp3) is 0.261. The zero-order chi connectivity index (χ0) is 21.5. The second kappa shape index (κ2) is 10.1. The van der Waals surface area contributed by atoms with Crippen LogP contribution in [0.1, 0.15) is 18.1 Å². The highest BCUT2D eigenvalue weighted by Crippen LogP contribution is 2.31. The molecular weight excluding hydrogens is 396 g/mol. The highest BCUT2D eigenvalue weighted by molar-refractivity contribution is 7.99. The summed E-state index contributed by atoms with van der Waals surface area (Å²) in [5.41, 5.74) is 3.83. The predicted molar refractivity (Wildman–Crippen MR) is 122 cm³/mol. The fourth-order valence-electron chi connectivity index (χ4n) is 3.01. The van der Waals surface area contributed by atoms with E-state index < -0.39 is 0 Å². The van der Waals surface area contributed by atoms with Crippen molar-refractivity contribution in [1.82, 2.24) is 14.8 Å². The van der Waals surface area contributed by atoms with Gasteiger partial charge in [-0.05, 0) is 50.1 Å². The lowest BCUT2D eigenvalue weighted by atomic mass is 10.1. The highest BCUT2D eigenvalue weighted by Gasteiger charge is 2.18. The lowest BCUT2D eigenvalue weighted by molar-refractivity contribution is -0.113. The average molecular weight is 423 g/mol. The molecule has 0 atom stereocenters. The summed E-state index contributed by atoms with van der Waals surface area (Å²) in [7, 11) is 0. The zero-order valence-corrected chi connectivity index (χ0v) is 18.3. The predicted octanol–water partition coefficient (Wildman–Crippen LogP) is 4.88. The van der Waals surface area contributed by atoms with Crippen LogP contribution in [0.25, 0.3) is 11.4 Å². The van der Waals surface area contributed by atoms with Crippen LogP contribution in [0.5, 0.6) is 5.75 Å². The molecule has 0 bridgehead atoms. The van der Waals surface area contributed by atoms with E-state index in [1.807, 2.05) is 67.8 Å². The Morgan fingerprint density at radius 2 is 2.03 bits per heavy atom. The smallest absolute Gasteiger partial charge is 0.234 e. The van der Waals surface area contributed by atoms with Gasteiger partial charge in [0, 0.05) is 12.2 Å². The van der Waals surface area contributed by atoms with Crippen LogP contribution in [0.4, 0.5) is 5.69 Å². The van der Waals surface area contributed by atoms with Crippen LogP contribution in [-0.2, 0) is 11.3 Å². The Kier molecular flexibility index (Phi) is 7.30. The maximum Gasteiger partial charge on any atom is 0.234 e. The molecule has 0 unspecified atom stereocenters. The normalized spacial score (nSPS) is 10.6. The highest BCUT2D eigenvalue weighted by atomic mass is 32.2. The van der Waals surface area contributed by atoms with Crippen LogP contribution in [0.2, 0.25) is 0 Å². The number of hydrogen-bond acceptors (Lipinski definition) is 5. The van der Waals surface area contributed by atoms with E-state index in [1.165, 1.54) is 11.8 Å². The van der Waals surface area contributed by atoms with Gasteiger partial charge in [-0.1, -0.05) is 42.1 Å². The van der Waals surface area contributed by atoms with Crippen molar-refractivity contribution in [2.75, 3.05) is 17.7 Å². The Labute approximate surface area is 181 Å². The average Bonchev–Trinajstić information content (AvgIpc) is 3.12. The zero-order valence-electron chi connectivity index (χ0n) is 17.5. The van der Waals surface area contributed by atoms with E-state index in [0.717, 1.165) is 28.1 Å². The molecular formula is C23H26N4O2S. The largest absolute Gasteiger partial charge is 0.493 e. The van der Waals surface area contributed by atoms with Crippen molar-refractivity contribution in [2.24, 2.45) is 0 Å². The van der Waals surface area contributed by atoms with Crippen molar-refractivity contribution in [3.8, 4) is 17.1 Å². The van der Waals surface area contributed by atoms with Crippen LogP contribution in [0.3, 0.4) is 0 Å². The molecule has 0 aliphatic heterocycles. The molecule has 2 aromatic carbocycles. The van der Waals surface area contributed by atoms with E-state index in [2.05, 4.69) is 22.1 Å². The molecule has 0 radical (unpaired) electrons. The summed E-state index contributed by atoms with van der Waals surface area (Å²) >= 11 is 1.35. The molecule has 0 spiro atoms.